The summed E-state index contributed by atoms with van der Waals surface area (Å²) in [5.41, 5.74) is 0. The summed E-state index contributed by atoms with van der Waals surface area (Å²) in [7, 11) is -3.99. The number of hydrogen-bond donors (Lipinski definition) is 1. The van der Waals surface area contributed by atoms with Gasteiger partial charge in [-0.25, -0.2) is 8.42 Å². The fourth-order valence-electron chi connectivity index (χ4n) is 0.504. The van der Waals surface area contributed by atoms with Crippen LogP contribution in [0.3, 0.4) is 0 Å². The van der Waals surface area contributed by atoms with E-state index in [1.165, 1.54) is 0 Å². The maximum Gasteiger partial charge on any atom is 1.00 e. The van der Waals surface area contributed by atoms with Crippen molar-refractivity contribution < 1.29 is 42.5 Å². The minimum atomic E-state index is -3.99. The summed E-state index contributed by atoms with van der Waals surface area (Å²) >= 11 is 5.59. The Bertz CT molecular complexity index is 180. The molecule has 0 aliphatic heterocycles. The first-order chi connectivity index (χ1) is 5.06. The predicted molar refractivity (Wildman–Crippen MR) is 50.4 cm³/mol. The first-order valence-corrected chi connectivity index (χ1v) is 6.55. The Hall–Kier alpha value is 1.61. The van der Waals surface area contributed by atoms with Gasteiger partial charge < -0.3 is 4.55 Å². The van der Waals surface area contributed by atoms with Gasteiger partial charge in [-0.1, -0.05) is 0 Å². The summed E-state index contributed by atoms with van der Waals surface area (Å²) in [4.78, 5) is 0. The molecule has 0 N–H and O–H groups in total. The molecule has 0 saturated heterocycles. The zero-order chi connectivity index (χ0) is 8.74. The molecule has 7 heteroatoms. The van der Waals surface area contributed by atoms with E-state index in [1.807, 2.05) is 0 Å². The minimum Gasteiger partial charge on any atom is -0.748 e. The third-order valence-electron chi connectivity index (χ3n) is 0.919. The van der Waals surface area contributed by atoms with E-state index in [-0.39, 0.29) is 35.3 Å². The average Bonchev–Trinajstić information content (AvgIpc) is 1.85. The van der Waals surface area contributed by atoms with E-state index in [9.17, 15) is 13.0 Å². The summed E-state index contributed by atoms with van der Waals surface area (Å²) in [5, 5.41) is 0. The predicted octanol–water partition coefficient (Wildman–Crippen LogP) is -2.41. The summed E-state index contributed by atoms with van der Waals surface area (Å²) in [5.74, 6) is 2.17. The quantitative estimate of drug-likeness (QED) is 0.242. The molecule has 0 heterocycles. The Labute approximate surface area is 106 Å². The van der Waals surface area contributed by atoms with Gasteiger partial charge in [-0.15, -0.1) is 0 Å². The molecule has 0 rings (SSSR count). The first kappa shape index (κ1) is 16.1. The molecule has 0 amide bonds. The van der Waals surface area contributed by atoms with Gasteiger partial charge in [0.05, 0.1) is 10.1 Å². The molecule has 0 bridgehead atoms. The van der Waals surface area contributed by atoms with Crippen LogP contribution < -0.4 is 29.6 Å². The topological polar surface area (TPSA) is 57.2 Å². The van der Waals surface area contributed by atoms with Crippen LogP contribution in [-0.4, -0.2) is 36.0 Å². The Morgan fingerprint density at radius 2 is 1.92 bits per heavy atom. The van der Waals surface area contributed by atoms with Crippen molar-refractivity contribution in [3.63, 3.8) is 0 Å². The fraction of sp³-hybridized carbons (Fsp3) is 1.00. The SMILES string of the molecule is O=S(=O)([O-])CCCSCCS.[Na+]. The van der Waals surface area contributed by atoms with Crippen LogP contribution >= 0.6 is 24.4 Å². The molecule has 0 spiro atoms. The molecule has 0 aromatic rings. The molecule has 3 nitrogen and oxygen atoms in total. The van der Waals surface area contributed by atoms with Crippen molar-refractivity contribution in [2.24, 2.45) is 0 Å². The monoisotopic (exact) mass is 238 g/mol. The summed E-state index contributed by atoms with van der Waals surface area (Å²) in [6, 6.07) is 0. The molecule has 0 atom stereocenters. The standard InChI is InChI=1S/C5H12O3S3.Na/c6-11(7,8)5-1-3-10-4-2-9;/h9H,1-5H2,(H,6,7,8);/q;+1/p-1. The Morgan fingerprint density at radius 3 is 2.33 bits per heavy atom. The van der Waals surface area contributed by atoms with Gasteiger partial charge >= 0.3 is 29.6 Å². The zero-order valence-corrected chi connectivity index (χ0v) is 11.6. The van der Waals surface area contributed by atoms with Gasteiger partial charge in [0, 0.05) is 11.5 Å². The van der Waals surface area contributed by atoms with Gasteiger partial charge in [0.15, 0.2) is 0 Å². The second-order valence-corrected chi connectivity index (χ2v) is 5.15. The van der Waals surface area contributed by atoms with Gasteiger partial charge in [-0.2, -0.15) is 24.4 Å². The Kier molecular flexibility index (Phi) is 12.3. The Balaban J connectivity index is 0. The molecule has 0 saturated carbocycles. The summed E-state index contributed by atoms with van der Waals surface area (Å²) in [6.07, 6.45) is 0.449. The Morgan fingerprint density at radius 1 is 1.33 bits per heavy atom. The number of hydrogen-bond acceptors (Lipinski definition) is 5. The number of rotatable bonds is 6. The summed E-state index contributed by atoms with van der Waals surface area (Å²) in [6.45, 7) is 0. The van der Waals surface area contributed by atoms with Crippen molar-refractivity contribution in [1.82, 2.24) is 0 Å². The second kappa shape index (κ2) is 9.18. The van der Waals surface area contributed by atoms with Crippen molar-refractivity contribution in [2.45, 2.75) is 6.42 Å². The van der Waals surface area contributed by atoms with Crippen LogP contribution in [-0.2, 0) is 10.1 Å². The molecule has 0 aromatic heterocycles. The fourth-order valence-corrected chi connectivity index (χ4v) is 2.25. The van der Waals surface area contributed by atoms with Gasteiger partial charge in [0.2, 0.25) is 0 Å². The van der Waals surface area contributed by atoms with Crippen LogP contribution in [0, 0.1) is 0 Å². The van der Waals surface area contributed by atoms with Gasteiger partial charge in [0.1, 0.15) is 0 Å². The maximum atomic E-state index is 10.1. The van der Waals surface area contributed by atoms with E-state index in [1.54, 1.807) is 11.8 Å². The molecular weight excluding hydrogens is 227 g/mol. The first-order valence-electron chi connectivity index (χ1n) is 3.18. The van der Waals surface area contributed by atoms with Crippen molar-refractivity contribution in [3.8, 4) is 0 Å². The molecule has 0 aliphatic carbocycles. The molecule has 0 radical (unpaired) electrons. The van der Waals surface area contributed by atoms with Crippen LogP contribution in [0.15, 0.2) is 0 Å². The van der Waals surface area contributed by atoms with Gasteiger partial charge in [0.25, 0.3) is 0 Å². The van der Waals surface area contributed by atoms with E-state index in [2.05, 4.69) is 12.6 Å². The third kappa shape index (κ3) is 14.2. The molecule has 0 unspecified atom stereocenters. The van der Waals surface area contributed by atoms with Crippen LogP contribution in [0.4, 0.5) is 0 Å². The van der Waals surface area contributed by atoms with Crippen molar-refractivity contribution >= 4 is 34.5 Å². The number of thioether (sulfide) groups is 1. The van der Waals surface area contributed by atoms with Crippen LogP contribution in [0.2, 0.25) is 0 Å². The smallest absolute Gasteiger partial charge is 0.748 e. The second-order valence-electron chi connectivity index (χ2n) is 1.95. The van der Waals surface area contributed by atoms with Gasteiger partial charge in [-0.05, 0) is 17.9 Å². The molecular formula is C5H11NaO3S3. The third-order valence-corrected chi connectivity index (χ3v) is 3.30. The molecule has 0 aromatic carbocycles. The zero-order valence-electron chi connectivity index (χ0n) is 7.02. The molecule has 12 heavy (non-hydrogen) atoms. The van der Waals surface area contributed by atoms with E-state index in [0.717, 1.165) is 17.3 Å². The van der Waals surface area contributed by atoms with Crippen LogP contribution in [0.5, 0.6) is 0 Å². The number of thiol groups is 1. The van der Waals surface area contributed by atoms with E-state index >= 15 is 0 Å². The van der Waals surface area contributed by atoms with E-state index in [4.69, 9.17) is 0 Å². The molecule has 0 aliphatic rings. The largest absolute Gasteiger partial charge is 1.00 e. The van der Waals surface area contributed by atoms with Gasteiger partial charge in [-0.3, -0.25) is 0 Å². The van der Waals surface area contributed by atoms with Crippen molar-refractivity contribution in [2.75, 3.05) is 23.0 Å². The maximum absolute atomic E-state index is 10.1. The van der Waals surface area contributed by atoms with Crippen molar-refractivity contribution in [1.29, 1.82) is 0 Å². The molecule has 0 fully saturated rings. The van der Waals surface area contributed by atoms with Crippen LogP contribution in [0.1, 0.15) is 6.42 Å². The van der Waals surface area contributed by atoms with Crippen LogP contribution in [0.25, 0.3) is 0 Å². The normalized spacial score (nSPS) is 10.8. The van der Waals surface area contributed by atoms with E-state index < -0.39 is 10.1 Å². The summed E-state index contributed by atoms with van der Waals surface area (Å²) < 4.78 is 30.3. The minimum absolute atomic E-state index is 0. The molecule has 68 valence electrons. The average molecular weight is 238 g/mol. The van der Waals surface area contributed by atoms with E-state index in [0.29, 0.717) is 6.42 Å². The van der Waals surface area contributed by atoms with Crippen molar-refractivity contribution in [3.05, 3.63) is 0 Å².